The summed E-state index contributed by atoms with van der Waals surface area (Å²) in [6.45, 7) is 7.50. The highest BCUT2D eigenvalue weighted by molar-refractivity contribution is 5.79. The number of rotatable bonds is 11. The quantitative estimate of drug-likeness (QED) is 0.337. The smallest absolute Gasteiger partial charge is 0.165 e. The van der Waals surface area contributed by atoms with Crippen LogP contribution in [0.3, 0.4) is 0 Å². The first-order chi connectivity index (χ1) is 17.9. The van der Waals surface area contributed by atoms with Crippen molar-refractivity contribution in [3.8, 4) is 28.4 Å². The summed E-state index contributed by atoms with van der Waals surface area (Å²) in [6, 6.07) is 13.2. The SMILES string of the molecule is COc1cc(-c2nc(-c3ccc(CCN4CCC(OC)CC4)cc3)cn2CC(=O)CC(C)C)ccc1F. The van der Waals surface area contributed by atoms with Crippen molar-refractivity contribution in [1.82, 2.24) is 14.5 Å². The van der Waals surface area contributed by atoms with Crippen LogP contribution in [0.5, 0.6) is 5.75 Å². The average Bonchev–Trinajstić information content (AvgIpc) is 3.31. The van der Waals surface area contributed by atoms with Crippen LogP contribution in [0.2, 0.25) is 0 Å². The van der Waals surface area contributed by atoms with Gasteiger partial charge in [0.25, 0.3) is 0 Å². The van der Waals surface area contributed by atoms with E-state index in [1.165, 1.54) is 18.7 Å². The molecule has 37 heavy (non-hydrogen) atoms. The molecule has 1 aliphatic rings. The number of benzene rings is 2. The molecule has 198 valence electrons. The van der Waals surface area contributed by atoms with Crippen LogP contribution >= 0.6 is 0 Å². The van der Waals surface area contributed by atoms with Gasteiger partial charge in [-0.05, 0) is 48.9 Å². The highest BCUT2D eigenvalue weighted by Gasteiger charge is 2.19. The first-order valence-corrected chi connectivity index (χ1v) is 13.1. The van der Waals surface area contributed by atoms with Gasteiger partial charge in [0, 0.05) is 50.5 Å². The summed E-state index contributed by atoms with van der Waals surface area (Å²) >= 11 is 0. The van der Waals surface area contributed by atoms with E-state index in [1.807, 2.05) is 24.6 Å². The molecule has 1 fully saturated rings. The van der Waals surface area contributed by atoms with Gasteiger partial charge in [0.05, 0.1) is 25.5 Å². The number of hydrogen-bond donors (Lipinski definition) is 0. The predicted molar refractivity (Wildman–Crippen MR) is 144 cm³/mol. The van der Waals surface area contributed by atoms with Gasteiger partial charge in [0.2, 0.25) is 0 Å². The second kappa shape index (κ2) is 12.5. The maximum atomic E-state index is 14.0. The van der Waals surface area contributed by atoms with Crippen LogP contribution in [0.1, 0.15) is 38.7 Å². The molecule has 0 aliphatic carbocycles. The van der Waals surface area contributed by atoms with Gasteiger partial charge in [-0.25, -0.2) is 9.37 Å². The molecular formula is C30H38FN3O3. The zero-order valence-electron chi connectivity index (χ0n) is 22.4. The van der Waals surface area contributed by atoms with E-state index < -0.39 is 5.82 Å². The highest BCUT2D eigenvalue weighted by Crippen LogP contribution is 2.29. The predicted octanol–water partition coefficient (Wildman–Crippen LogP) is 5.63. The number of nitrogens with zero attached hydrogens (tertiary/aromatic N) is 3. The fraction of sp³-hybridized carbons (Fsp3) is 0.467. The van der Waals surface area contributed by atoms with Crippen LogP contribution in [0.25, 0.3) is 22.6 Å². The first kappa shape index (κ1) is 27.0. The van der Waals surface area contributed by atoms with E-state index in [1.54, 1.807) is 19.2 Å². The molecule has 0 amide bonds. The van der Waals surface area contributed by atoms with Crippen molar-refractivity contribution in [3.63, 3.8) is 0 Å². The van der Waals surface area contributed by atoms with Crippen molar-refractivity contribution in [1.29, 1.82) is 0 Å². The first-order valence-electron chi connectivity index (χ1n) is 13.1. The van der Waals surface area contributed by atoms with E-state index in [4.69, 9.17) is 14.5 Å². The normalized spacial score (nSPS) is 14.9. The van der Waals surface area contributed by atoms with Gasteiger partial charge in [0.15, 0.2) is 17.3 Å². The largest absolute Gasteiger partial charge is 0.494 e. The highest BCUT2D eigenvalue weighted by atomic mass is 19.1. The molecule has 0 N–H and O–H groups in total. The number of methoxy groups -OCH3 is 2. The molecule has 6 nitrogen and oxygen atoms in total. The number of aromatic nitrogens is 2. The van der Waals surface area contributed by atoms with Crippen LogP contribution in [0.4, 0.5) is 4.39 Å². The lowest BCUT2D eigenvalue weighted by Crippen LogP contribution is -2.37. The molecule has 3 aromatic rings. The number of halogens is 1. The number of ketones is 1. The summed E-state index contributed by atoms with van der Waals surface area (Å²) < 4.78 is 26.6. The topological polar surface area (TPSA) is 56.6 Å². The summed E-state index contributed by atoms with van der Waals surface area (Å²) in [6.07, 6.45) is 6.00. The van der Waals surface area contributed by atoms with E-state index in [0.29, 0.717) is 23.9 Å². The van der Waals surface area contributed by atoms with Crippen molar-refractivity contribution < 1.29 is 18.7 Å². The third-order valence-corrected chi connectivity index (χ3v) is 7.00. The van der Waals surface area contributed by atoms with Crippen molar-refractivity contribution in [2.24, 2.45) is 5.92 Å². The van der Waals surface area contributed by atoms with Crippen LogP contribution < -0.4 is 4.74 Å². The molecule has 2 aromatic carbocycles. The summed E-state index contributed by atoms with van der Waals surface area (Å²) in [5.74, 6) is 0.758. The average molecular weight is 508 g/mol. The molecule has 1 aromatic heterocycles. The maximum Gasteiger partial charge on any atom is 0.165 e. The van der Waals surface area contributed by atoms with E-state index in [-0.39, 0.29) is 24.0 Å². The van der Waals surface area contributed by atoms with Gasteiger partial charge in [0.1, 0.15) is 5.82 Å². The Morgan fingerprint density at radius 3 is 2.43 bits per heavy atom. The summed E-state index contributed by atoms with van der Waals surface area (Å²) in [7, 11) is 3.24. The molecule has 0 saturated carbocycles. The van der Waals surface area contributed by atoms with Gasteiger partial charge < -0.3 is 18.9 Å². The third-order valence-electron chi connectivity index (χ3n) is 7.00. The Morgan fingerprint density at radius 1 is 1.08 bits per heavy atom. The Labute approximate surface area is 219 Å². The molecule has 7 heteroatoms. The summed E-state index contributed by atoms with van der Waals surface area (Å²) in [5, 5.41) is 0. The minimum Gasteiger partial charge on any atom is -0.494 e. The molecule has 0 atom stereocenters. The van der Waals surface area contributed by atoms with Crippen LogP contribution in [-0.4, -0.2) is 60.2 Å². The Bertz CT molecular complexity index is 1180. The van der Waals surface area contributed by atoms with Gasteiger partial charge in [-0.3, -0.25) is 4.79 Å². The maximum absolute atomic E-state index is 14.0. The monoisotopic (exact) mass is 507 g/mol. The van der Waals surface area contributed by atoms with Crippen molar-refractivity contribution in [2.75, 3.05) is 33.9 Å². The molecule has 0 unspecified atom stereocenters. The van der Waals surface area contributed by atoms with E-state index in [2.05, 4.69) is 29.2 Å². The number of likely N-dealkylation sites (tertiary alicyclic amines) is 1. The molecule has 1 saturated heterocycles. The molecule has 0 bridgehead atoms. The van der Waals surface area contributed by atoms with E-state index >= 15 is 0 Å². The fourth-order valence-electron chi connectivity index (χ4n) is 4.91. The lowest BCUT2D eigenvalue weighted by Gasteiger charge is -2.31. The Morgan fingerprint density at radius 2 is 1.78 bits per heavy atom. The second-order valence-electron chi connectivity index (χ2n) is 10.3. The van der Waals surface area contributed by atoms with Crippen molar-refractivity contribution >= 4 is 5.78 Å². The van der Waals surface area contributed by atoms with Gasteiger partial charge in [-0.15, -0.1) is 0 Å². The molecular weight excluding hydrogens is 469 g/mol. The van der Waals surface area contributed by atoms with Crippen LogP contribution in [0.15, 0.2) is 48.7 Å². The van der Waals surface area contributed by atoms with Gasteiger partial charge in [-0.2, -0.15) is 0 Å². The van der Waals surface area contributed by atoms with Gasteiger partial charge in [-0.1, -0.05) is 38.1 Å². The van der Waals surface area contributed by atoms with Crippen molar-refractivity contribution in [3.05, 3.63) is 60.0 Å². The molecule has 2 heterocycles. The van der Waals surface area contributed by atoms with E-state index in [9.17, 15) is 9.18 Å². The number of hydrogen-bond acceptors (Lipinski definition) is 5. The minimum absolute atomic E-state index is 0.138. The third kappa shape index (κ3) is 7.05. The second-order valence-corrected chi connectivity index (χ2v) is 10.3. The number of carbonyl (C=O) groups is 1. The molecule has 0 radical (unpaired) electrons. The summed E-state index contributed by atoms with van der Waals surface area (Å²) in [4.78, 5) is 20.0. The Balaban J connectivity index is 1.52. The minimum atomic E-state index is -0.431. The Hall–Kier alpha value is -3.03. The molecule has 4 rings (SSSR count). The zero-order valence-corrected chi connectivity index (χ0v) is 22.4. The molecule has 1 aliphatic heterocycles. The number of imidazole rings is 1. The lowest BCUT2D eigenvalue weighted by atomic mass is 10.0. The fourth-order valence-corrected chi connectivity index (χ4v) is 4.91. The Kier molecular flexibility index (Phi) is 9.11. The van der Waals surface area contributed by atoms with Crippen LogP contribution in [-0.2, 0) is 22.5 Å². The zero-order chi connectivity index (χ0) is 26.4. The number of ether oxygens (including phenoxy) is 2. The number of carbonyl (C=O) groups excluding carboxylic acids is 1. The number of piperidine rings is 1. The van der Waals surface area contributed by atoms with Crippen LogP contribution in [0, 0.1) is 11.7 Å². The number of Topliss-reactive ketones (excluding diaryl/α,β-unsaturated/α-hetero) is 1. The lowest BCUT2D eigenvalue weighted by molar-refractivity contribution is -0.120. The summed E-state index contributed by atoms with van der Waals surface area (Å²) in [5.41, 5.74) is 3.75. The van der Waals surface area contributed by atoms with Gasteiger partial charge >= 0.3 is 0 Å². The van der Waals surface area contributed by atoms with E-state index in [0.717, 1.165) is 50.2 Å². The molecule has 0 spiro atoms. The van der Waals surface area contributed by atoms with Crippen molar-refractivity contribution in [2.45, 2.75) is 52.2 Å². The standard InChI is InChI=1S/C30H38FN3O3/c1-21(2)17-25(35)19-34-20-28(32-30(34)24-9-10-27(31)29(18-24)37-4)23-7-5-22(6-8-23)11-14-33-15-12-26(36-3)13-16-33/h5-10,18,20-21,26H,11-17,19H2,1-4H3.